The minimum Gasteiger partial charge on any atom is -0.444 e. The molecule has 0 saturated carbocycles. The summed E-state index contributed by atoms with van der Waals surface area (Å²) < 4.78 is 5.41. The number of nitrogens with one attached hydrogen (secondary N) is 2. The summed E-state index contributed by atoms with van der Waals surface area (Å²) in [5.41, 5.74) is 7.50. The molecular weight excluding hydrogens is 268 g/mol. The molecule has 6 heteroatoms. The fraction of sp³-hybridized carbons (Fsp3) is 0.333. The molecule has 2 rings (SSSR count). The SMILES string of the molecule is CCc1cnc(CNC(=O)Nc2ccc(C(C)N)cc2)o1. The van der Waals surface area contributed by atoms with E-state index in [1.54, 1.807) is 6.20 Å². The number of rotatable bonds is 5. The molecule has 0 aliphatic carbocycles. The highest BCUT2D eigenvalue weighted by Gasteiger charge is 2.06. The fourth-order valence-corrected chi connectivity index (χ4v) is 1.79. The summed E-state index contributed by atoms with van der Waals surface area (Å²) in [7, 11) is 0. The van der Waals surface area contributed by atoms with E-state index in [9.17, 15) is 4.79 Å². The Balaban J connectivity index is 1.83. The number of amides is 2. The first-order valence-electron chi connectivity index (χ1n) is 6.92. The third-order valence-corrected chi connectivity index (χ3v) is 3.04. The molecular formula is C15H20N4O2. The van der Waals surface area contributed by atoms with Gasteiger partial charge in [-0.3, -0.25) is 0 Å². The molecule has 0 aliphatic rings. The third-order valence-electron chi connectivity index (χ3n) is 3.04. The van der Waals surface area contributed by atoms with Gasteiger partial charge in [0, 0.05) is 18.2 Å². The van der Waals surface area contributed by atoms with Crippen molar-refractivity contribution in [1.29, 1.82) is 0 Å². The van der Waals surface area contributed by atoms with Gasteiger partial charge < -0.3 is 20.8 Å². The molecule has 1 unspecified atom stereocenters. The summed E-state index contributed by atoms with van der Waals surface area (Å²) in [6.07, 6.45) is 2.45. The summed E-state index contributed by atoms with van der Waals surface area (Å²) in [6, 6.07) is 7.09. The number of anilines is 1. The van der Waals surface area contributed by atoms with E-state index in [0.717, 1.165) is 17.7 Å². The zero-order chi connectivity index (χ0) is 15.2. The van der Waals surface area contributed by atoms with Crippen LogP contribution in [0.25, 0.3) is 0 Å². The summed E-state index contributed by atoms with van der Waals surface area (Å²) >= 11 is 0. The lowest BCUT2D eigenvalue weighted by molar-refractivity contribution is 0.250. The van der Waals surface area contributed by atoms with Crippen LogP contribution in [0.5, 0.6) is 0 Å². The molecule has 0 fully saturated rings. The number of benzene rings is 1. The van der Waals surface area contributed by atoms with Gasteiger partial charge in [0.2, 0.25) is 5.89 Å². The van der Waals surface area contributed by atoms with Crippen molar-refractivity contribution in [2.24, 2.45) is 5.73 Å². The van der Waals surface area contributed by atoms with Gasteiger partial charge in [0.1, 0.15) is 5.76 Å². The second-order valence-corrected chi connectivity index (χ2v) is 4.79. The maximum atomic E-state index is 11.8. The lowest BCUT2D eigenvalue weighted by Gasteiger charge is -2.09. The van der Waals surface area contributed by atoms with Gasteiger partial charge in [-0.25, -0.2) is 9.78 Å². The van der Waals surface area contributed by atoms with Crippen molar-refractivity contribution >= 4 is 11.7 Å². The van der Waals surface area contributed by atoms with Gasteiger partial charge in [-0.1, -0.05) is 19.1 Å². The van der Waals surface area contributed by atoms with Crippen LogP contribution in [0.4, 0.5) is 10.5 Å². The number of nitrogens with two attached hydrogens (primary N) is 1. The molecule has 0 aliphatic heterocycles. The second kappa shape index (κ2) is 6.90. The highest BCUT2D eigenvalue weighted by atomic mass is 16.4. The van der Waals surface area contributed by atoms with Gasteiger partial charge in [-0.15, -0.1) is 0 Å². The van der Waals surface area contributed by atoms with Gasteiger partial charge in [0.05, 0.1) is 12.7 Å². The largest absolute Gasteiger partial charge is 0.444 e. The minimum absolute atomic E-state index is 0.0225. The van der Waals surface area contributed by atoms with Crippen LogP contribution in [0.3, 0.4) is 0 Å². The Kier molecular flexibility index (Phi) is 4.94. The Hall–Kier alpha value is -2.34. The third kappa shape index (κ3) is 4.32. The lowest BCUT2D eigenvalue weighted by atomic mass is 10.1. The van der Waals surface area contributed by atoms with Crippen LogP contribution in [-0.4, -0.2) is 11.0 Å². The number of oxazole rings is 1. The van der Waals surface area contributed by atoms with Crippen molar-refractivity contribution in [2.75, 3.05) is 5.32 Å². The van der Waals surface area contributed by atoms with Gasteiger partial charge in [0.15, 0.2) is 0 Å². The summed E-state index contributed by atoms with van der Waals surface area (Å²) in [5.74, 6) is 1.30. The molecule has 2 aromatic rings. The number of aryl methyl sites for hydroxylation is 1. The molecule has 6 nitrogen and oxygen atoms in total. The smallest absolute Gasteiger partial charge is 0.319 e. The van der Waals surface area contributed by atoms with Crippen LogP contribution in [0, 0.1) is 0 Å². The van der Waals surface area contributed by atoms with Crippen LogP contribution in [0.1, 0.15) is 37.1 Å². The molecule has 112 valence electrons. The normalized spacial score (nSPS) is 12.0. The second-order valence-electron chi connectivity index (χ2n) is 4.79. The van der Waals surface area contributed by atoms with Crippen LogP contribution in [0.15, 0.2) is 34.9 Å². The Morgan fingerprint density at radius 1 is 1.38 bits per heavy atom. The average molecular weight is 288 g/mol. The van der Waals surface area contributed by atoms with Gasteiger partial charge >= 0.3 is 6.03 Å². The molecule has 2 amide bonds. The van der Waals surface area contributed by atoms with Crippen molar-refractivity contribution in [1.82, 2.24) is 10.3 Å². The summed E-state index contributed by atoms with van der Waals surface area (Å²) in [4.78, 5) is 15.8. The van der Waals surface area contributed by atoms with Crippen LogP contribution >= 0.6 is 0 Å². The first-order valence-corrected chi connectivity index (χ1v) is 6.92. The number of hydrogen-bond donors (Lipinski definition) is 3. The monoisotopic (exact) mass is 288 g/mol. The van der Waals surface area contributed by atoms with E-state index < -0.39 is 0 Å². The number of aromatic nitrogens is 1. The first-order chi connectivity index (χ1) is 10.1. The highest BCUT2D eigenvalue weighted by molar-refractivity contribution is 5.89. The number of urea groups is 1. The Bertz CT molecular complexity index is 590. The average Bonchev–Trinajstić information content (AvgIpc) is 2.94. The van der Waals surface area contributed by atoms with E-state index in [-0.39, 0.29) is 18.6 Å². The van der Waals surface area contributed by atoms with Crippen LogP contribution < -0.4 is 16.4 Å². The molecule has 4 N–H and O–H groups in total. The number of nitrogens with zero attached hydrogens (tertiary/aromatic N) is 1. The molecule has 1 atom stereocenters. The summed E-state index contributed by atoms with van der Waals surface area (Å²) in [5, 5.41) is 5.43. The molecule has 1 aromatic carbocycles. The zero-order valence-corrected chi connectivity index (χ0v) is 12.2. The van der Waals surface area contributed by atoms with Crippen molar-refractivity contribution in [3.63, 3.8) is 0 Å². The van der Waals surface area contributed by atoms with E-state index in [1.807, 2.05) is 38.1 Å². The maximum Gasteiger partial charge on any atom is 0.319 e. The molecule has 0 saturated heterocycles. The molecule has 0 radical (unpaired) electrons. The van der Waals surface area contributed by atoms with E-state index in [2.05, 4.69) is 15.6 Å². The van der Waals surface area contributed by atoms with Crippen LogP contribution in [0.2, 0.25) is 0 Å². The standard InChI is InChI=1S/C15H20N4O2/c1-3-13-8-17-14(21-13)9-18-15(20)19-12-6-4-11(5-7-12)10(2)16/h4-8,10H,3,9,16H2,1-2H3,(H2,18,19,20). The fourth-order valence-electron chi connectivity index (χ4n) is 1.79. The van der Waals surface area contributed by atoms with Crippen molar-refractivity contribution in [3.05, 3.63) is 47.7 Å². The predicted octanol–water partition coefficient (Wildman–Crippen LogP) is 2.58. The molecule has 0 bridgehead atoms. The summed E-state index contributed by atoms with van der Waals surface area (Å²) in [6.45, 7) is 4.15. The van der Waals surface area contributed by atoms with E-state index >= 15 is 0 Å². The molecule has 0 spiro atoms. The zero-order valence-electron chi connectivity index (χ0n) is 12.2. The van der Waals surface area contributed by atoms with Gasteiger partial charge in [-0.05, 0) is 24.6 Å². The van der Waals surface area contributed by atoms with Gasteiger partial charge in [0.25, 0.3) is 0 Å². The van der Waals surface area contributed by atoms with E-state index in [1.165, 1.54) is 0 Å². The molecule has 1 aromatic heterocycles. The number of hydrogen-bond acceptors (Lipinski definition) is 4. The number of carbonyl (C=O) groups excluding carboxylic acids is 1. The van der Waals surface area contributed by atoms with Crippen molar-refractivity contribution in [3.8, 4) is 0 Å². The predicted molar refractivity (Wildman–Crippen MR) is 80.8 cm³/mol. The Morgan fingerprint density at radius 2 is 2.10 bits per heavy atom. The minimum atomic E-state index is -0.306. The first kappa shape index (κ1) is 15.1. The topological polar surface area (TPSA) is 93.2 Å². The molecule has 1 heterocycles. The Labute approximate surface area is 123 Å². The quantitative estimate of drug-likeness (QED) is 0.788. The van der Waals surface area contributed by atoms with Crippen molar-refractivity contribution < 1.29 is 9.21 Å². The van der Waals surface area contributed by atoms with E-state index in [0.29, 0.717) is 11.6 Å². The lowest BCUT2D eigenvalue weighted by Crippen LogP contribution is -2.28. The van der Waals surface area contributed by atoms with E-state index in [4.69, 9.17) is 10.2 Å². The Morgan fingerprint density at radius 3 is 2.67 bits per heavy atom. The van der Waals surface area contributed by atoms with Gasteiger partial charge in [-0.2, -0.15) is 0 Å². The van der Waals surface area contributed by atoms with Crippen molar-refractivity contribution in [2.45, 2.75) is 32.9 Å². The highest BCUT2D eigenvalue weighted by Crippen LogP contribution is 2.14. The number of carbonyl (C=O) groups is 1. The molecule has 21 heavy (non-hydrogen) atoms. The maximum absolute atomic E-state index is 11.8. The van der Waals surface area contributed by atoms with Crippen LogP contribution in [-0.2, 0) is 13.0 Å².